The molecule has 2 amide bonds. The summed E-state index contributed by atoms with van der Waals surface area (Å²) in [6.45, 7) is 5.68. The minimum atomic E-state index is -0.313. The number of aromatic nitrogens is 2. The van der Waals surface area contributed by atoms with Crippen molar-refractivity contribution >= 4 is 23.3 Å². The molecule has 0 saturated heterocycles. The second kappa shape index (κ2) is 9.91. The predicted octanol–water partition coefficient (Wildman–Crippen LogP) is 3.54. The van der Waals surface area contributed by atoms with Gasteiger partial charge < -0.3 is 20.7 Å². The van der Waals surface area contributed by atoms with Gasteiger partial charge in [0.1, 0.15) is 11.6 Å². The third kappa shape index (κ3) is 6.53. The van der Waals surface area contributed by atoms with E-state index in [4.69, 9.17) is 4.74 Å². The highest BCUT2D eigenvalue weighted by atomic mass is 16.5. The zero-order valence-corrected chi connectivity index (χ0v) is 18.6. The van der Waals surface area contributed by atoms with Crippen molar-refractivity contribution in [3.05, 3.63) is 66.4 Å². The first-order valence-corrected chi connectivity index (χ1v) is 10.2. The average Bonchev–Trinajstić information content (AvgIpc) is 2.77. The summed E-state index contributed by atoms with van der Waals surface area (Å²) in [6, 6.07) is 16.1. The maximum atomic E-state index is 12.0. The van der Waals surface area contributed by atoms with Crippen molar-refractivity contribution < 1.29 is 14.3 Å². The Hall–Kier alpha value is -3.94. The first kappa shape index (κ1) is 22.7. The molecule has 0 aliphatic carbocycles. The summed E-state index contributed by atoms with van der Waals surface area (Å²) in [5.41, 5.74) is 1.82. The molecule has 0 unspecified atom stereocenters. The molecule has 32 heavy (non-hydrogen) atoms. The Morgan fingerprint density at radius 1 is 1.03 bits per heavy atom. The van der Waals surface area contributed by atoms with E-state index in [0.29, 0.717) is 23.0 Å². The molecule has 0 spiro atoms. The minimum Gasteiger partial charge on any atom is -0.484 e. The van der Waals surface area contributed by atoms with Gasteiger partial charge in [0.2, 0.25) is 0 Å². The summed E-state index contributed by atoms with van der Waals surface area (Å²) >= 11 is 0. The Morgan fingerprint density at radius 2 is 1.78 bits per heavy atom. The van der Waals surface area contributed by atoms with Crippen LogP contribution in [0.5, 0.6) is 5.75 Å². The fraction of sp³-hybridized carbons (Fsp3) is 0.250. The van der Waals surface area contributed by atoms with Crippen LogP contribution >= 0.6 is 0 Å². The van der Waals surface area contributed by atoms with Crippen LogP contribution in [0.15, 0.2) is 60.8 Å². The van der Waals surface area contributed by atoms with Crippen LogP contribution in [0.3, 0.4) is 0 Å². The molecule has 0 saturated carbocycles. The number of carbonyl (C=O) groups is 2. The van der Waals surface area contributed by atoms with Gasteiger partial charge in [-0.05, 0) is 63.2 Å². The van der Waals surface area contributed by atoms with Gasteiger partial charge in [0.25, 0.3) is 11.8 Å². The van der Waals surface area contributed by atoms with E-state index < -0.39 is 0 Å². The van der Waals surface area contributed by atoms with Crippen LogP contribution in [0.2, 0.25) is 0 Å². The van der Waals surface area contributed by atoms with Gasteiger partial charge in [-0.15, -0.1) is 0 Å². The van der Waals surface area contributed by atoms with E-state index in [0.717, 1.165) is 11.3 Å². The maximum Gasteiger partial charge on any atom is 0.258 e. The van der Waals surface area contributed by atoms with Crippen LogP contribution < -0.4 is 20.7 Å². The van der Waals surface area contributed by atoms with Gasteiger partial charge in [0, 0.05) is 35.6 Å². The molecule has 3 aromatic rings. The standard InChI is InChI=1S/C24H27N5O3/c1-24(2,3)29-21(30)15-32-19-7-5-6-17(14-19)22-26-13-12-20(28-22)27-18-10-8-16(9-11-18)23(31)25-4/h5-14H,15H2,1-4H3,(H,25,31)(H,29,30)(H,26,27,28). The number of amides is 2. The molecule has 0 fully saturated rings. The lowest BCUT2D eigenvalue weighted by Gasteiger charge is -2.20. The SMILES string of the molecule is CNC(=O)c1ccc(Nc2ccnc(-c3cccc(OCC(=O)NC(C)(C)C)c3)n2)cc1. The fourth-order valence-electron chi connectivity index (χ4n) is 2.89. The molecule has 0 aliphatic rings. The molecule has 8 nitrogen and oxygen atoms in total. The third-order valence-corrected chi connectivity index (χ3v) is 4.28. The highest BCUT2D eigenvalue weighted by molar-refractivity contribution is 5.94. The van der Waals surface area contributed by atoms with E-state index in [1.165, 1.54) is 0 Å². The first-order chi connectivity index (χ1) is 15.2. The summed E-state index contributed by atoms with van der Waals surface area (Å²) < 4.78 is 5.63. The van der Waals surface area contributed by atoms with Gasteiger partial charge >= 0.3 is 0 Å². The van der Waals surface area contributed by atoms with Gasteiger partial charge in [-0.3, -0.25) is 9.59 Å². The van der Waals surface area contributed by atoms with E-state index >= 15 is 0 Å². The summed E-state index contributed by atoms with van der Waals surface area (Å²) in [4.78, 5) is 32.6. The van der Waals surface area contributed by atoms with E-state index in [2.05, 4.69) is 25.9 Å². The lowest BCUT2D eigenvalue weighted by Crippen LogP contribution is -2.43. The molecule has 8 heteroatoms. The molecule has 2 aromatic carbocycles. The van der Waals surface area contributed by atoms with Gasteiger partial charge in [0.05, 0.1) is 0 Å². The van der Waals surface area contributed by atoms with Crippen molar-refractivity contribution in [3.8, 4) is 17.1 Å². The number of hydrogen-bond acceptors (Lipinski definition) is 6. The van der Waals surface area contributed by atoms with Crippen LogP contribution in [-0.2, 0) is 4.79 Å². The number of nitrogens with one attached hydrogen (secondary N) is 3. The van der Waals surface area contributed by atoms with Gasteiger partial charge in [0.15, 0.2) is 12.4 Å². The fourth-order valence-corrected chi connectivity index (χ4v) is 2.89. The van der Waals surface area contributed by atoms with Crippen molar-refractivity contribution in [1.82, 2.24) is 20.6 Å². The summed E-state index contributed by atoms with van der Waals surface area (Å²) in [5, 5.41) is 8.66. The molecule has 0 radical (unpaired) electrons. The van der Waals surface area contributed by atoms with Crippen molar-refractivity contribution in [3.63, 3.8) is 0 Å². The number of ether oxygens (including phenoxy) is 1. The highest BCUT2D eigenvalue weighted by Crippen LogP contribution is 2.23. The first-order valence-electron chi connectivity index (χ1n) is 10.2. The molecule has 3 N–H and O–H groups in total. The van der Waals surface area contributed by atoms with Crippen LogP contribution in [0.4, 0.5) is 11.5 Å². The zero-order chi connectivity index (χ0) is 23.1. The lowest BCUT2D eigenvalue weighted by molar-refractivity contribution is -0.124. The quantitative estimate of drug-likeness (QED) is 0.526. The Balaban J connectivity index is 1.69. The van der Waals surface area contributed by atoms with E-state index in [1.807, 2.05) is 45.0 Å². The molecule has 0 bridgehead atoms. The molecule has 0 atom stereocenters. The Kier molecular flexibility index (Phi) is 7.04. The van der Waals surface area contributed by atoms with Crippen molar-refractivity contribution in [2.75, 3.05) is 19.0 Å². The molecule has 1 heterocycles. The van der Waals surface area contributed by atoms with Gasteiger partial charge in [-0.25, -0.2) is 9.97 Å². The highest BCUT2D eigenvalue weighted by Gasteiger charge is 2.14. The van der Waals surface area contributed by atoms with E-state index in [-0.39, 0.29) is 24.0 Å². The Bertz CT molecular complexity index is 1090. The van der Waals surface area contributed by atoms with Crippen LogP contribution in [0, 0.1) is 0 Å². The second-order valence-corrected chi connectivity index (χ2v) is 8.16. The summed E-state index contributed by atoms with van der Waals surface area (Å²) in [6.07, 6.45) is 1.66. The molecule has 0 aliphatic heterocycles. The number of rotatable bonds is 7. The number of carbonyl (C=O) groups excluding carboxylic acids is 2. The van der Waals surface area contributed by atoms with E-state index in [9.17, 15) is 9.59 Å². The Morgan fingerprint density at radius 3 is 2.47 bits per heavy atom. The predicted molar refractivity (Wildman–Crippen MR) is 124 cm³/mol. The van der Waals surface area contributed by atoms with Gasteiger partial charge in [-0.2, -0.15) is 0 Å². The van der Waals surface area contributed by atoms with Crippen LogP contribution in [-0.4, -0.2) is 41.0 Å². The van der Waals surface area contributed by atoms with Crippen LogP contribution in [0.1, 0.15) is 31.1 Å². The number of anilines is 2. The molecular weight excluding hydrogens is 406 g/mol. The molecule has 3 rings (SSSR count). The molecule has 1 aromatic heterocycles. The smallest absolute Gasteiger partial charge is 0.258 e. The number of hydrogen-bond donors (Lipinski definition) is 3. The summed E-state index contributed by atoms with van der Waals surface area (Å²) in [7, 11) is 1.59. The molecular formula is C24H27N5O3. The monoisotopic (exact) mass is 433 g/mol. The maximum absolute atomic E-state index is 12.0. The minimum absolute atomic E-state index is 0.0742. The Labute approximate surface area is 187 Å². The molecule has 166 valence electrons. The third-order valence-electron chi connectivity index (χ3n) is 4.28. The average molecular weight is 434 g/mol. The van der Waals surface area contributed by atoms with E-state index in [1.54, 1.807) is 43.6 Å². The van der Waals surface area contributed by atoms with Crippen LogP contribution in [0.25, 0.3) is 11.4 Å². The zero-order valence-electron chi connectivity index (χ0n) is 18.6. The largest absolute Gasteiger partial charge is 0.484 e. The topological polar surface area (TPSA) is 105 Å². The van der Waals surface area contributed by atoms with Crippen molar-refractivity contribution in [1.29, 1.82) is 0 Å². The summed E-state index contributed by atoms with van der Waals surface area (Å²) in [5.74, 6) is 1.35. The normalized spacial score (nSPS) is 10.9. The van der Waals surface area contributed by atoms with Crippen molar-refractivity contribution in [2.45, 2.75) is 26.3 Å². The second-order valence-electron chi connectivity index (χ2n) is 8.16. The van der Waals surface area contributed by atoms with Gasteiger partial charge in [-0.1, -0.05) is 12.1 Å². The lowest BCUT2D eigenvalue weighted by atomic mass is 10.1. The number of nitrogens with zero attached hydrogens (tertiary/aromatic N) is 2. The number of benzene rings is 2. The van der Waals surface area contributed by atoms with Crippen molar-refractivity contribution in [2.24, 2.45) is 0 Å².